The van der Waals surface area contributed by atoms with Gasteiger partial charge in [0, 0.05) is 0 Å². The molecule has 0 unspecified atom stereocenters. The fraction of sp³-hybridized carbons (Fsp3) is 0.467. The quantitative estimate of drug-likeness (QED) is 0.861. The highest BCUT2D eigenvalue weighted by Crippen LogP contribution is 2.22. The Balaban J connectivity index is 2.04. The number of amides is 1. The van der Waals surface area contributed by atoms with Gasteiger partial charge in [0.25, 0.3) is 0 Å². The third-order valence-electron chi connectivity index (χ3n) is 3.42. The summed E-state index contributed by atoms with van der Waals surface area (Å²) < 4.78 is 5.51. The maximum Gasteiger partial charge on any atom is 0.305 e. The van der Waals surface area contributed by atoms with Gasteiger partial charge < -0.3 is 15.2 Å². The zero-order valence-corrected chi connectivity index (χ0v) is 11.4. The molecule has 0 radical (unpaired) electrons. The van der Waals surface area contributed by atoms with Crippen molar-refractivity contribution in [2.45, 2.75) is 44.4 Å². The molecule has 1 aliphatic heterocycles. The van der Waals surface area contributed by atoms with Crippen molar-refractivity contribution in [1.29, 1.82) is 0 Å². The number of nitrogens with one attached hydrogen (secondary N) is 1. The number of rotatable bonds is 5. The van der Waals surface area contributed by atoms with Gasteiger partial charge in [-0.15, -0.1) is 0 Å². The summed E-state index contributed by atoms with van der Waals surface area (Å²) in [7, 11) is 0. The van der Waals surface area contributed by atoms with E-state index in [4.69, 9.17) is 9.84 Å². The van der Waals surface area contributed by atoms with Gasteiger partial charge in [-0.25, -0.2) is 0 Å². The van der Waals surface area contributed by atoms with Crippen molar-refractivity contribution in [2.75, 3.05) is 0 Å². The van der Waals surface area contributed by atoms with Crippen LogP contribution in [0, 0.1) is 0 Å². The number of hydrogen-bond acceptors (Lipinski definition) is 3. The fourth-order valence-electron chi connectivity index (χ4n) is 2.37. The van der Waals surface area contributed by atoms with E-state index in [1.165, 1.54) is 0 Å². The van der Waals surface area contributed by atoms with E-state index in [0.29, 0.717) is 6.42 Å². The lowest BCUT2D eigenvalue weighted by Gasteiger charge is -2.20. The number of carboxylic acids is 1. The number of hydrogen-bond donors (Lipinski definition) is 2. The van der Waals surface area contributed by atoms with Gasteiger partial charge >= 0.3 is 5.97 Å². The third-order valence-corrected chi connectivity index (χ3v) is 3.42. The molecule has 1 aliphatic rings. The van der Waals surface area contributed by atoms with Crippen molar-refractivity contribution in [2.24, 2.45) is 0 Å². The maximum absolute atomic E-state index is 12.1. The molecule has 5 nitrogen and oxygen atoms in total. The molecule has 3 atom stereocenters. The summed E-state index contributed by atoms with van der Waals surface area (Å²) in [5.41, 5.74) is 0.786. The highest BCUT2D eigenvalue weighted by molar-refractivity contribution is 5.82. The lowest BCUT2D eigenvalue weighted by atomic mass is 10.0. The Hall–Kier alpha value is -1.88. The summed E-state index contributed by atoms with van der Waals surface area (Å²) in [5, 5.41) is 11.8. The molecule has 108 valence electrons. The molecule has 1 aromatic rings. The number of benzene rings is 1. The summed E-state index contributed by atoms with van der Waals surface area (Å²) in [6.07, 6.45) is 1.01. The summed E-state index contributed by atoms with van der Waals surface area (Å²) in [6, 6.07) is 8.60. The first-order valence-electron chi connectivity index (χ1n) is 6.79. The predicted octanol–water partition coefficient (Wildman–Crippen LogP) is 1.89. The first-order chi connectivity index (χ1) is 9.56. The summed E-state index contributed by atoms with van der Waals surface area (Å²) in [5.74, 6) is -1.18. The van der Waals surface area contributed by atoms with Crippen molar-refractivity contribution in [3.63, 3.8) is 0 Å². The molecule has 1 heterocycles. The largest absolute Gasteiger partial charge is 0.481 e. The van der Waals surface area contributed by atoms with E-state index in [1.807, 2.05) is 37.3 Å². The van der Waals surface area contributed by atoms with E-state index in [9.17, 15) is 9.59 Å². The van der Waals surface area contributed by atoms with Crippen molar-refractivity contribution in [1.82, 2.24) is 5.32 Å². The van der Waals surface area contributed by atoms with Crippen molar-refractivity contribution >= 4 is 11.9 Å². The molecule has 0 spiro atoms. The number of carbonyl (C=O) groups excluding carboxylic acids is 1. The van der Waals surface area contributed by atoms with E-state index in [1.54, 1.807) is 0 Å². The van der Waals surface area contributed by atoms with Crippen LogP contribution >= 0.6 is 0 Å². The first-order valence-corrected chi connectivity index (χ1v) is 6.79. The van der Waals surface area contributed by atoms with E-state index in [2.05, 4.69) is 5.32 Å². The van der Waals surface area contributed by atoms with Crippen LogP contribution in [-0.2, 0) is 14.3 Å². The molecular weight excluding hydrogens is 258 g/mol. The fourth-order valence-corrected chi connectivity index (χ4v) is 2.37. The number of aliphatic carboxylic acids is 1. The van der Waals surface area contributed by atoms with Gasteiger partial charge in [0.15, 0.2) is 0 Å². The van der Waals surface area contributed by atoms with Crippen LogP contribution in [0.5, 0.6) is 0 Å². The first kappa shape index (κ1) is 14.5. The molecule has 0 aromatic heterocycles. The van der Waals surface area contributed by atoms with Crippen LogP contribution < -0.4 is 5.32 Å². The Bertz CT molecular complexity index is 474. The molecule has 0 saturated carbocycles. The molecule has 0 bridgehead atoms. The number of ether oxygens (including phenoxy) is 1. The van der Waals surface area contributed by atoms with Crippen LogP contribution in [0.4, 0.5) is 0 Å². The Morgan fingerprint density at radius 1 is 1.35 bits per heavy atom. The van der Waals surface area contributed by atoms with Crippen LogP contribution in [0.2, 0.25) is 0 Å². The van der Waals surface area contributed by atoms with Gasteiger partial charge in [0.05, 0.1) is 18.6 Å². The Labute approximate surface area is 117 Å². The Morgan fingerprint density at radius 3 is 2.60 bits per heavy atom. The predicted molar refractivity (Wildman–Crippen MR) is 73.1 cm³/mol. The van der Waals surface area contributed by atoms with Crippen LogP contribution in [0.15, 0.2) is 30.3 Å². The maximum atomic E-state index is 12.1. The average molecular weight is 277 g/mol. The minimum atomic E-state index is -0.945. The van der Waals surface area contributed by atoms with E-state index in [-0.39, 0.29) is 18.4 Å². The summed E-state index contributed by atoms with van der Waals surface area (Å²) in [6.45, 7) is 1.93. The third kappa shape index (κ3) is 3.81. The number of carbonyl (C=O) groups is 2. The van der Waals surface area contributed by atoms with Crippen molar-refractivity contribution in [3.8, 4) is 0 Å². The zero-order chi connectivity index (χ0) is 14.5. The highest BCUT2D eigenvalue weighted by atomic mass is 16.5. The van der Waals surface area contributed by atoms with E-state index in [0.717, 1.165) is 12.0 Å². The molecule has 1 amide bonds. The lowest BCUT2D eigenvalue weighted by molar-refractivity contribution is -0.138. The normalized spacial score (nSPS) is 23.2. The van der Waals surface area contributed by atoms with Gasteiger partial charge in [0.1, 0.15) is 6.10 Å². The van der Waals surface area contributed by atoms with Gasteiger partial charge in [-0.05, 0) is 25.3 Å². The second kappa shape index (κ2) is 6.52. The summed E-state index contributed by atoms with van der Waals surface area (Å²) in [4.78, 5) is 23.1. The molecule has 1 aromatic carbocycles. The smallest absolute Gasteiger partial charge is 0.305 e. The molecule has 2 rings (SSSR count). The topological polar surface area (TPSA) is 75.6 Å². The van der Waals surface area contributed by atoms with Gasteiger partial charge in [0.2, 0.25) is 5.91 Å². The molecule has 2 N–H and O–H groups in total. The molecular formula is C15H19NO4. The standard InChI is InChI=1S/C15H19NO4/c1-10-7-8-13(20-10)15(19)16-12(9-14(17)18)11-5-3-2-4-6-11/h2-6,10,12-13H,7-9H2,1H3,(H,16,19)(H,17,18)/t10-,12-,13-/m1/s1. The van der Waals surface area contributed by atoms with Crippen molar-refractivity contribution in [3.05, 3.63) is 35.9 Å². The van der Waals surface area contributed by atoms with E-state index < -0.39 is 18.1 Å². The average Bonchev–Trinajstić information content (AvgIpc) is 2.85. The Morgan fingerprint density at radius 2 is 2.05 bits per heavy atom. The van der Waals surface area contributed by atoms with Gasteiger partial charge in [-0.3, -0.25) is 9.59 Å². The minimum Gasteiger partial charge on any atom is -0.481 e. The van der Waals surface area contributed by atoms with Crippen LogP contribution in [0.25, 0.3) is 0 Å². The molecule has 0 aliphatic carbocycles. The second-order valence-electron chi connectivity index (χ2n) is 5.08. The zero-order valence-electron chi connectivity index (χ0n) is 11.4. The lowest BCUT2D eigenvalue weighted by Crippen LogP contribution is -2.38. The van der Waals surface area contributed by atoms with Crippen LogP contribution in [0.1, 0.15) is 37.8 Å². The van der Waals surface area contributed by atoms with E-state index >= 15 is 0 Å². The summed E-state index contributed by atoms with van der Waals surface area (Å²) >= 11 is 0. The second-order valence-corrected chi connectivity index (χ2v) is 5.08. The molecule has 1 fully saturated rings. The van der Waals surface area contributed by atoms with Gasteiger partial charge in [-0.1, -0.05) is 30.3 Å². The van der Waals surface area contributed by atoms with Crippen LogP contribution in [-0.4, -0.2) is 29.2 Å². The molecule has 20 heavy (non-hydrogen) atoms. The molecule has 5 heteroatoms. The SMILES string of the molecule is C[C@@H]1CC[C@H](C(=O)N[C@H](CC(=O)O)c2ccccc2)O1. The molecule has 1 saturated heterocycles. The van der Waals surface area contributed by atoms with Crippen LogP contribution in [0.3, 0.4) is 0 Å². The monoisotopic (exact) mass is 277 g/mol. The van der Waals surface area contributed by atoms with Crippen molar-refractivity contribution < 1.29 is 19.4 Å². The number of carboxylic acid groups (broad SMARTS) is 1. The Kier molecular flexibility index (Phi) is 4.74. The highest BCUT2D eigenvalue weighted by Gasteiger charge is 2.30. The minimum absolute atomic E-state index is 0.0837. The van der Waals surface area contributed by atoms with Gasteiger partial charge in [-0.2, -0.15) is 0 Å².